The van der Waals surface area contributed by atoms with E-state index in [1.807, 2.05) is 13.8 Å². The van der Waals surface area contributed by atoms with Crippen LogP contribution in [0, 0.1) is 17.3 Å². The van der Waals surface area contributed by atoms with E-state index in [-0.39, 0.29) is 12.0 Å². The number of aliphatic hydroxyl groups excluding tert-OH is 1. The van der Waals surface area contributed by atoms with Crippen LogP contribution in [0.5, 0.6) is 0 Å². The molecule has 0 radical (unpaired) electrons. The summed E-state index contributed by atoms with van der Waals surface area (Å²) >= 11 is 0. The maximum atomic E-state index is 9.06. The number of aliphatic hydroxyl groups is 1. The van der Waals surface area contributed by atoms with Gasteiger partial charge in [0.05, 0.1) is 0 Å². The molecular weight excluding hydrogens is 176 g/mol. The summed E-state index contributed by atoms with van der Waals surface area (Å²) < 4.78 is 0. The zero-order valence-corrected chi connectivity index (χ0v) is 10.0. The summed E-state index contributed by atoms with van der Waals surface area (Å²) in [6.45, 7) is 11.2. The maximum absolute atomic E-state index is 9.06. The van der Waals surface area contributed by atoms with Gasteiger partial charge in [-0.3, -0.25) is 0 Å². The van der Waals surface area contributed by atoms with Gasteiger partial charge in [-0.25, -0.2) is 0 Å². The molecule has 0 aromatic heterocycles. The van der Waals surface area contributed by atoms with Crippen LogP contribution in [-0.2, 0) is 0 Å². The first-order valence-electron chi connectivity index (χ1n) is 5.44. The van der Waals surface area contributed by atoms with E-state index >= 15 is 0 Å². The van der Waals surface area contributed by atoms with Gasteiger partial charge in [-0.15, -0.1) is 0 Å². The Morgan fingerprint density at radius 1 is 1.36 bits per heavy atom. The highest BCUT2D eigenvalue weighted by Crippen LogP contribution is 2.12. The van der Waals surface area contributed by atoms with E-state index in [0.29, 0.717) is 11.8 Å². The molecule has 86 valence electrons. The van der Waals surface area contributed by atoms with Gasteiger partial charge in [-0.2, -0.15) is 0 Å². The van der Waals surface area contributed by atoms with Crippen molar-refractivity contribution in [1.29, 1.82) is 0 Å². The van der Waals surface area contributed by atoms with Gasteiger partial charge >= 0.3 is 0 Å². The molecule has 0 aliphatic heterocycles. The van der Waals surface area contributed by atoms with E-state index in [2.05, 4.69) is 19.2 Å². The lowest BCUT2D eigenvalue weighted by Crippen LogP contribution is -2.38. The van der Waals surface area contributed by atoms with E-state index in [1.54, 1.807) is 0 Å². The largest absolute Gasteiger partial charge is 0.396 e. The van der Waals surface area contributed by atoms with Crippen LogP contribution in [-0.4, -0.2) is 31.3 Å². The molecule has 0 heterocycles. The standard InChI is InChI=1S/C11H26N2O/c1-9(2)10(5-12)6-13-7-11(3,4)8-14/h9-10,13-14H,5-8,12H2,1-4H3. The fourth-order valence-corrected chi connectivity index (χ4v) is 1.24. The van der Waals surface area contributed by atoms with Gasteiger partial charge in [-0.1, -0.05) is 27.7 Å². The van der Waals surface area contributed by atoms with Crippen molar-refractivity contribution >= 4 is 0 Å². The SMILES string of the molecule is CC(C)C(CN)CNCC(C)(C)CO. The molecule has 0 aromatic carbocycles. The predicted octanol–water partition coefficient (Wildman–Crippen LogP) is 0.825. The summed E-state index contributed by atoms with van der Waals surface area (Å²) in [7, 11) is 0. The van der Waals surface area contributed by atoms with Crippen molar-refractivity contribution < 1.29 is 5.11 Å². The van der Waals surface area contributed by atoms with Crippen molar-refractivity contribution in [3.05, 3.63) is 0 Å². The van der Waals surface area contributed by atoms with Crippen molar-refractivity contribution in [3.63, 3.8) is 0 Å². The van der Waals surface area contributed by atoms with Gasteiger partial charge in [-0.05, 0) is 24.9 Å². The average Bonchev–Trinajstić information content (AvgIpc) is 2.12. The highest BCUT2D eigenvalue weighted by atomic mass is 16.3. The minimum absolute atomic E-state index is 0.0316. The van der Waals surface area contributed by atoms with E-state index in [0.717, 1.165) is 19.6 Å². The highest BCUT2D eigenvalue weighted by Gasteiger charge is 2.17. The van der Waals surface area contributed by atoms with Gasteiger partial charge in [0.1, 0.15) is 0 Å². The molecule has 0 aliphatic carbocycles. The van der Waals surface area contributed by atoms with E-state index < -0.39 is 0 Å². The summed E-state index contributed by atoms with van der Waals surface area (Å²) in [5, 5.41) is 12.4. The second-order valence-corrected chi connectivity index (χ2v) is 5.19. The average molecular weight is 202 g/mol. The molecule has 0 saturated carbocycles. The van der Waals surface area contributed by atoms with E-state index in [4.69, 9.17) is 10.8 Å². The molecule has 0 amide bonds. The van der Waals surface area contributed by atoms with Crippen LogP contribution in [0.1, 0.15) is 27.7 Å². The lowest BCUT2D eigenvalue weighted by Gasteiger charge is -2.25. The van der Waals surface area contributed by atoms with Crippen molar-refractivity contribution in [3.8, 4) is 0 Å². The number of hydrogen-bond acceptors (Lipinski definition) is 3. The summed E-state index contributed by atoms with van der Waals surface area (Å²) in [4.78, 5) is 0. The van der Waals surface area contributed by atoms with Gasteiger partial charge in [0, 0.05) is 18.6 Å². The minimum Gasteiger partial charge on any atom is -0.396 e. The molecule has 0 bridgehead atoms. The third kappa shape index (κ3) is 5.58. The lowest BCUT2D eigenvalue weighted by molar-refractivity contribution is 0.154. The Labute approximate surface area is 88.1 Å². The molecule has 14 heavy (non-hydrogen) atoms. The van der Waals surface area contributed by atoms with Crippen molar-refractivity contribution in [1.82, 2.24) is 5.32 Å². The van der Waals surface area contributed by atoms with Crippen molar-refractivity contribution in [2.24, 2.45) is 23.0 Å². The third-order valence-electron chi connectivity index (χ3n) is 2.68. The Hall–Kier alpha value is -0.120. The van der Waals surface area contributed by atoms with Crippen LogP contribution in [0.3, 0.4) is 0 Å². The zero-order chi connectivity index (χ0) is 11.2. The smallest absolute Gasteiger partial charge is 0.0494 e. The molecule has 0 fully saturated rings. The second-order valence-electron chi connectivity index (χ2n) is 5.19. The molecule has 1 atom stereocenters. The topological polar surface area (TPSA) is 58.3 Å². The summed E-state index contributed by atoms with van der Waals surface area (Å²) in [5.41, 5.74) is 5.64. The molecule has 3 heteroatoms. The predicted molar refractivity (Wildman–Crippen MR) is 61.1 cm³/mol. The summed E-state index contributed by atoms with van der Waals surface area (Å²) in [6.07, 6.45) is 0. The van der Waals surface area contributed by atoms with E-state index in [1.165, 1.54) is 0 Å². The monoisotopic (exact) mass is 202 g/mol. The van der Waals surface area contributed by atoms with Crippen molar-refractivity contribution in [2.45, 2.75) is 27.7 Å². The number of nitrogens with one attached hydrogen (secondary N) is 1. The number of hydrogen-bond donors (Lipinski definition) is 3. The normalized spacial score (nSPS) is 14.8. The van der Waals surface area contributed by atoms with Crippen LogP contribution in [0.4, 0.5) is 0 Å². The minimum atomic E-state index is -0.0316. The van der Waals surface area contributed by atoms with E-state index in [9.17, 15) is 0 Å². The Morgan fingerprint density at radius 3 is 2.29 bits per heavy atom. The first kappa shape index (κ1) is 13.9. The van der Waals surface area contributed by atoms with Crippen LogP contribution in [0.2, 0.25) is 0 Å². The zero-order valence-electron chi connectivity index (χ0n) is 10.0. The molecule has 0 saturated heterocycles. The molecule has 0 spiro atoms. The molecule has 0 aliphatic rings. The fourth-order valence-electron chi connectivity index (χ4n) is 1.24. The highest BCUT2D eigenvalue weighted by molar-refractivity contribution is 4.73. The van der Waals surface area contributed by atoms with Crippen LogP contribution >= 0.6 is 0 Å². The number of nitrogens with two attached hydrogens (primary N) is 1. The fraction of sp³-hybridized carbons (Fsp3) is 1.00. The summed E-state index contributed by atoms with van der Waals surface area (Å²) in [6, 6.07) is 0. The Bertz CT molecular complexity index is 146. The molecule has 0 rings (SSSR count). The van der Waals surface area contributed by atoms with Gasteiger partial charge in [0.15, 0.2) is 0 Å². The third-order valence-corrected chi connectivity index (χ3v) is 2.68. The van der Waals surface area contributed by atoms with Crippen LogP contribution in [0.15, 0.2) is 0 Å². The molecule has 1 unspecified atom stereocenters. The quantitative estimate of drug-likeness (QED) is 0.573. The Morgan fingerprint density at radius 2 is 1.93 bits per heavy atom. The lowest BCUT2D eigenvalue weighted by atomic mass is 9.93. The van der Waals surface area contributed by atoms with Gasteiger partial charge in [0.2, 0.25) is 0 Å². The first-order valence-corrected chi connectivity index (χ1v) is 5.44. The Kier molecular flexibility index (Phi) is 6.33. The maximum Gasteiger partial charge on any atom is 0.0494 e. The molecule has 0 aromatic rings. The van der Waals surface area contributed by atoms with Crippen molar-refractivity contribution in [2.75, 3.05) is 26.2 Å². The van der Waals surface area contributed by atoms with Crippen LogP contribution < -0.4 is 11.1 Å². The number of rotatable bonds is 7. The second kappa shape index (κ2) is 6.38. The summed E-state index contributed by atoms with van der Waals surface area (Å²) in [5.74, 6) is 1.15. The molecular formula is C11H26N2O. The van der Waals surface area contributed by atoms with Gasteiger partial charge < -0.3 is 16.2 Å². The Balaban J connectivity index is 3.71. The first-order chi connectivity index (χ1) is 6.43. The molecule has 4 N–H and O–H groups in total. The molecule has 3 nitrogen and oxygen atoms in total. The van der Waals surface area contributed by atoms with Crippen LogP contribution in [0.25, 0.3) is 0 Å². The van der Waals surface area contributed by atoms with Gasteiger partial charge in [0.25, 0.3) is 0 Å².